The normalized spacial score (nSPS) is 16.4. The van der Waals surface area contributed by atoms with E-state index < -0.39 is 10.0 Å². The molecule has 7 nitrogen and oxygen atoms in total. The summed E-state index contributed by atoms with van der Waals surface area (Å²) in [5, 5.41) is 5.03. The molecule has 0 bridgehead atoms. The highest BCUT2D eigenvalue weighted by molar-refractivity contribution is 14.0. The van der Waals surface area contributed by atoms with Crippen molar-refractivity contribution in [2.45, 2.75) is 11.4 Å². The topological polar surface area (TPSA) is 111 Å². The molecule has 1 saturated heterocycles. The average Bonchev–Trinajstić information content (AvgIpc) is 2.45. The maximum absolute atomic E-state index is 11.1. The molecule has 1 aromatic carbocycles. The van der Waals surface area contributed by atoms with Gasteiger partial charge < -0.3 is 15.4 Å². The van der Waals surface area contributed by atoms with Crippen molar-refractivity contribution in [3.8, 4) is 0 Å². The van der Waals surface area contributed by atoms with Crippen molar-refractivity contribution in [1.82, 2.24) is 4.90 Å². The van der Waals surface area contributed by atoms with Crippen LogP contribution in [0.4, 0.5) is 0 Å². The summed E-state index contributed by atoms with van der Waals surface area (Å²) in [5.74, 6) is 0.476. The number of ether oxygens (including phenoxy) is 1. The van der Waals surface area contributed by atoms with Crippen LogP contribution in [0.5, 0.6) is 0 Å². The number of hydrogen-bond donors (Lipinski definition) is 2. The Morgan fingerprint density at radius 3 is 2.33 bits per heavy atom. The number of halogens is 1. The maximum Gasteiger partial charge on any atom is 0.238 e. The highest BCUT2D eigenvalue weighted by atomic mass is 127. The monoisotopic (exact) mass is 426 g/mol. The Hall–Kier alpha value is -0.910. The number of aliphatic imine (C=N–C) groups is 1. The van der Waals surface area contributed by atoms with E-state index in [0.29, 0.717) is 25.7 Å². The lowest BCUT2D eigenvalue weighted by Gasteiger charge is -2.27. The number of benzene rings is 1. The number of primary sulfonamides is 1. The van der Waals surface area contributed by atoms with Gasteiger partial charge in [0.2, 0.25) is 10.0 Å². The molecule has 1 aliphatic heterocycles. The minimum absolute atomic E-state index is 0. The van der Waals surface area contributed by atoms with Gasteiger partial charge in [-0.2, -0.15) is 0 Å². The van der Waals surface area contributed by atoms with Crippen molar-refractivity contribution in [2.24, 2.45) is 15.9 Å². The second kappa shape index (κ2) is 7.92. The zero-order valence-electron chi connectivity index (χ0n) is 11.4. The summed E-state index contributed by atoms with van der Waals surface area (Å²) in [6.45, 7) is 3.17. The highest BCUT2D eigenvalue weighted by Gasteiger charge is 2.12. The van der Waals surface area contributed by atoms with Crippen molar-refractivity contribution >= 4 is 40.0 Å². The van der Waals surface area contributed by atoms with Gasteiger partial charge in [0.05, 0.1) is 24.7 Å². The molecule has 0 spiro atoms. The van der Waals surface area contributed by atoms with E-state index in [4.69, 9.17) is 15.6 Å². The van der Waals surface area contributed by atoms with Gasteiger partial charge in [-0.05, 0) is 17.7 Å². The van der Waals surface area contributed by atoms with E-state index in [-0.39, 0.29) is 28.9 Å². The zero-order chi connectivity index (χ0) is 14.6. The van der Waals surface area contributed by atoms with Crippen LogP contribution in [0.2, 0.25) is 0 Å². The van der Waals surface area contributed by atoms with Crippen molar-refractivity contribution in [2.75, 3.05) is 26.3 Å². The molecule has 0 aromatic heterocycles. The standard InChI is InChI=1S/C12H18N4O3S.HI/c13-12(16-5-7-19-8-6-16)15-9-10-1-3-11(4-2-10)20(14,17)18;/h1-4H,5-9H2,(H2,13,15)(H2,14,17,18);1H. The largest absolute Gasteiger partial charge is 0.378 e. The second-order valence-corrected chi connectivity index (χ2v) is 6.02. The fourth-order valence-electron chi connectivity index (χ4n) is 1.85. The van der Waals surface area contributed by atoms with Crippen LogP contribution in [0.25, 0.3) is 0 Å². The lowest BCUT2D eigenvalue weighted by atomic mass is 10.2. The highest BCUT2D eigenvalue weighted by Crippen LogP contribution is 2.09. The number of sulfonamides is 1. The third-order valence-electron chi connectivity index (χ3n) is 3.01. The smallest absolute Gasteiger partial charge is 0.238 e. The number of rotatable bonds is 3. The Bertz CT molecular complexity index is 583. The molecule has 0 amide bonds. The van der Waals surface area contributed by atoms with Gasteiger partial charge in [-0.25, -0.2) is 18.5 Å². The van der Waals surface area contributed by atoms with Crippen LogP contribution in [0.1, 0.15) is 5.56 Å². The summed E-state index contributed by atoms with van der Waals surface area (Å²) in [6.07, 6.45) is 0. The molecule has 9 heteroatoms. The van der Waals surface area contributed by atoms with Crippen molar-refractivity contribution in [1.29, 1.82) is 0 Å². The van der Waals surface area contributed by atoms with Crippen LogP contribution in [0.3, 0.4) is 0 Å². The van der Waals surface area contributed by atoms with E-state index in [9.17, 15) is 8.42 Å². The van der Waals surface area contributed by atoms with E-state index in [0.717, 1.165) is 18.7 Å². The first-order valence-corrected chi connectivity index (χ1v) is 7.76. The van der Waals surface area contributed by atoms with E-state index in [1.165, 1.54) is 12.1 Å². The number of morpholine rings is 1. The van der Waals surface area contributed by atoms with Gasteiger partial charge in [0.1, 0.15) is 0 Å². The van der Waals surface area contributed by atoms with Gasteiger partial charge in [-0.15, -0.1) is 24.0 Å². The summed E-state index contributed by atoms with van der Waals surface area (Å²) >= 11 is 0. The van der Waals surface area contributed by atoms with Gasteiger partial charge in [-0.3, -0.25) is 0 Å². The van der Waals surface area contributed by atoms with Crippen LogP contribution in [0, 0.1) is 0 Å². The Balaban J connectivity index is 0.00000220. The first-order chi connectivity index (χ1) is 9.47. The van der Waals surface area contributed by atoms with Crippen LogP contribution in [-0.2, 0) is 21.3 Å². The fraction of sp³-hybridized carbons (Fsp3) is 0.417. The molecule has 0 radical (unpaired) electrons. The Morgan fingerprint density at radius 1 is 1.24 bits per heavy atom. The SMILES string of the molecule is I.NC(=NCc1ccc(S(N)(=O)=O)cc1)N1CCOCC1. The van der Waals surface area contributed by atoms with Crippen LogP contribution in [-0.4, -0.2) is 45.6 Å². The van der Waals surface area contributed by atoms with Gasteiger partial charge in [0.25, 0.3) is 0 Å². The maximum atomic E-state index is 11.1. The minimum Gasteiger partial charge on any atom is -0.378 e. The predicted molar refractivity (Wildman–Crippen MR) is 90.9 cm³/mol. The van der Waals surface area contributed by atoms with Crippen molar-refractivity contribution in [3.63, 3.8) is 0 Å². The number of nitrogens with two attached hydrogens (primary N) is 2. The van der Waals surface area contributed by atoms with E-state index in [1.807, 2.05) is 4.90 Å². The molecule has 0 aliphatic carbocycles. The second-order valence-electron chi connectivity index (χ2n) is 4.46. The van der Waals surface area contributed by atoms with Crippen molar-refractivity contribution < 1.29 is 13.2 Å². The third kappa shape index (κ3) is 5.41. The molecule has 1 fully saturated rings. The summed E-state index contributed by atoms with van der Waals surface area (Å²) < 4.78 is 27.5. The molecule has 1 aromatic rings. The number of hydrogen-bond acceptors (Lipinski definition) is 4. The van der Waals surface area contributed by atoms with Gasteiger partial charge in [0, 0.05) is 13.1 Å². The Kier molecular flexibility index (Phi) is 6.84. The van der Waals surface area contributed by atoms with Crippen LogP contribution in [0.15, 0.2) is 34.2 Å². The van der Waals surface area contributed by atoms with Crippen LogP contribution < -0.4 is 10.9 Å². The molecule has 2 rings (SSSR count). The first-order valence-electron chi connectivity index (χ1n) is 6.21. The molecule has 0 saturated carbocycles. The first kappa shape index (κ1) is 18.1. The van der Waals surface area contributed by atoms with E-state index >= 15 is 0 Å². The van der Waals surface area contributed by atoms with Crippen molar-refractivity contribution in [3.05, 3.63) is 29.8 Å². The molecule has 1 heterocycles. The molecule has 21 heavy (non-hydrogen) atoms. The summed E-state index contributed by atoms with van der Waals surface area (Å²) in [6, 6.07) is 6.28. The zero-order valence-corrected chi connectivity index (χ0v) is 14.6. The Labute approximate surface area is 141 Å². The van der Waals surface area contributed by atoms with E-state index in [1.54, 1.807) is 12.1 Å². The van der Waals surface area contributed by atoms with Gasteiger partial charge in [-0.1, -0.05) is 12.1 Å². The molecule has 1 aliphatic rings. The predicted octanol–water partition coefficient (Wildman–Crippen LogP) is 0.0989. The van der Waals surface area contributed by atoms with Crippen LogP contribution >= 0.6 is 24.0 Å². The van der Waals surface area contributed by atoms with Gasteiger partial charge in [0.15, 0.2) is 5.96 Å². The Morgan fingerprint density at radius 2 is 1.81 bits per heavy atom. The molecule has 0 atom stereocenters. The summed E-state index contributed by atoms with van der Waals surface area (Å²) in [5.41, 5.74) is 6.77. The number of guanidine groups is 1. The number of nitrogens with zero attached hydrogens (tertiary/aromatic N) is 2. The lowest BCUT2D eigenvalue weighted by Crippen LogP contribution is -2.44. The third-order valence-corrected chi connectivity index (χ3v) is 3.94. The lowest BCUT2D eigenvalue weighted by molar-refractivity contribution is 0.0674. The molecular weight excluding hydrogens is 407 g/mol. The molecule has 0 unspecified atom stereocenters. The average molecular weight is 426 g/mol. The fourth-order valence-corrected chi connectivity index (χ4v) is 2.36. The molecular formula is C12H19IN4O3S. The van der Waals surface area contributed by atoms with Gasteiger partial charge >= 0.3 is 0 Å². The summed E-state index contributed by atoms with van der Waals surface area (Å²) in [7, 11) is -3.65. The summed E-state index contributed by atoms with van der Waals surface area (Å²) in [4.78, 5) is 6.34. The molecule has 4 N–H and O–H groups in total. The van der Waals surface area contributed by atoms with E-state index in [2.05, 4.69) is 4.99 Å². The minimum atomic E-state index is -3.65. The molecule has 118 valence electrons. The quantitative estimate of drug-likeness (QED) is 0.405.